The van der Waals surface area contributed by atoms with Gasteiger partial charge in [0.25, 0.3) is 5.91 Å². The first-order chi connectivity index (χ1) is 15.3. The Kier molecular flexibility index (Phi) is 6.60. The maximum atomic E-state index is 13.2. The fourth-order valence-corrected chi connectivity index (χ4v) is 4.32. The second-order valence-electron chi connectivity index (χ2n) is 9.93. The standard InChI is InChI=1S/C26H35N5O/c1-19-11-8-9-15-30(19)16-10-14-27-25(32)22-17-21(20-12-6-5-7-13-20)28-24-18-23(26(2,3)4)29-31(22)24/h5-7,12-13,17-19H,8-11,14-16H2,1-4H3,(H,27,32)/t19-/m1/s1. The van der Waals surface area contributed by atoms with E-state index in [1.165, 1.54) is 25.8 Å². The van der Waals surface area contributed by atoms with Crippen LogP contribution in [0, 0.1) is 0 Å². The number of aromatic nitrogens is 3. The number of benzene rings is 1. The third-order valence-corrected chi connectivity index (χ3v) is 6.35. The van der Waals surface area contributed by atoms with Gasteiger partial charge in [0.15, 0.2) is 5.65 Å². The highest BCUT2D eigenvalue weighted by Gasteiger charge is 2.22. The van der Waals surface area contributed by atoms with Crippen LogP contribution < -0.4 is 5.32 Å². The van der Waals surface area contributed by atoms with E-state index >= 15 is 0 Å². The molecule has 3 aromatic rings. The van der Waals surface area contributed by atoms with Crippen LogP contribution in [0.4, 0.5) is 0 Å². The van der Waals surface area contributed by atoms with Crippen molar-refractivity contribution in [3.05, 3.63) is 53.9 Å². The van der Waals surface area contributed by atoms with Gasteiger partial charge in [-0.3, -0.25) is 4.79 Å². The molecule has 4 rings (SSSR count). The zero-order valence-electron chi connectivity index (χ0n) is 19.8. The van der Waals surface area contributed by atoms with Crippen LogP contribution in [-0.2, 0) is 5.41 Å². The first-order valence-electron chi connectivity index (χ1n) is 11.8. The minimum atomic E-state index is -0.126. The summed E-state index contributed by atoms with van der Waals surface area (Å²) in [6, 6.07) is 14.5. The highest BCUT2D eigenvalue weighted by molar-refractivity contribution is 5.94. The second-order valence-corrected chi connectivity index (χ2v) is 9.93. The molecule has 1 amide bonds. The quantitative estimate of drug-likeness (QED) is 0.573. The summed E-state index contributed by atoms with van der Waals surface area (Å²) in [5, 5.41) is 7.85. The number of nitrogens with one attached hydrogen (secondary N) is 1. The second kappa shape index (κ2) is 9.41. The van der Waals surface area contributed by atoms with Crippen LogP contribution in [0.15, 0.2) is 42.5 Å². The Labute approximate surface area is 191 Å². The lowest BCUT2D eigenvalue weighted by atomic mass is 9.93. The Morgan fingerprint density at radius 3 is 2.66 bits per heavy atom. The van der Waals surface area contributed by atoms with Crippen LogP contribution in [0.5, 0.6) is 0 Å². The summed E-state index contributed by atoms with van der Waals surface area (Å²) in [7, 11) is 0. The molecule has 0 bridgehead atoms. The minimum Gasteiger partial charge on any atom is -0.351 e. The van der Waals surface area contributed by atoms with Crippen LogP contribution in [0.2, 0.25) is 0 Å². The van der Waals surface area contributed by atoms with Gasteiger partial charge >= 0.3 is 0 Å². The predicted octanol–water partition coefficient (Wildman–Crippen LogP) is 4.69. The molecule has 1 atom stereocenters. The van der Waals surface area contributed by atoms with Crippen molar-refractivity contribution in [1.29, 1.82) is 0 Å². The van der Waals surface area contributed by atoms with Crippen LogP contribution in [-0.4, -0.2) is 51.1 Å². The molecule has 3 heterocycles. The van der Waals surface area contributed by atoms with Crippen LogP contribution in [0.1, 0.15) is 69.6 Å². The normalized spacial score (nSPS) is 17.6. The first kappa shape index (κ1) is 22.5. The molecular formula is C26H35N5O. The van der Waals surface area contributed by atoms with Gasteiger partial charge in [0.2, 0.25) is 0 Å². The third kappa shape index (κ3) is 5.01. The largest absolute Gasteiger partial charge is 0.351 e. The van der Waals surface area contributed by atoms with Crippen molar-refractivity contribution in [2.45, 2.75) is 64.8 Å². The van der Waals surface area contributed by atoms with Crippen molar-refractivity contribution < 1.29 is 4.79 Å². The zero-order chi connectivity index (χ0) is 22.7. The average Bonchev–Trinajstić information content (AvgIpc) is 3.22. The molecule has 1 aromatic carbocycles. The fourth-order valence-electron chi connectivity index (χ4n) is 4.32. The van der Waals surface area contributed by atoms with E-state index in [1.807, 2.05) is 42.5 Å². The molecule has 0 saturated carbocycles. The summed E-state index contributed by atoms with van der Waals surface area (Å²) < 4.78 is 1.69. The lowest BCUT2D eigenvalue weighted by molar-refractivity contribution is 0.0941. The fraction of sp³-hybridized carbons (Fsp3) is 0.500. The maximum absolute atomic E-state index is 13.2. The summed E-state index contributed by atoms with van der Waals surface area (Å²) >= 11 is 0. The lowest BCUT2D eigenvalue weighted by Crippen LogP contribution is -2.39. The van der Waals surface area contributed by atoms with Gasteiger partial charge in [0.1, 0.15) is 5.69 Å². The SMILES string of the molecule is C[C@@H]1CCCCN1CCCNC(=O)c1cc(-c2ccccc2)nc2cc(C(C)(C)C)nn12. The molecule has 1 saturated heterocycles. The maximum Gasteiger partial charge on any atom is 0.270 e. The Bertz CT molecular complexity index is 1070. The molecule has 6 nitrogen and oxygen atoms in total. The van der Waals surface area contributed by atoms with Crippen molar-refractivity contribution in [3.63, 3.8) is 0 Å². The molecule has 1 aliphatic rings. The molecule has 32 heavy (non-hydrogen) atoms. The van der Waals surface area contributed by atoms with Gasteiger partial charge in [0.05, 0.1) is 11.4 Å². The Morgan fingerprint density at radius 2 is 1.94 bits per heavy atom. The average molecular weight is 434 g/mol. The van der Waals surface area contributed by atoms with E-state index in [0.717, 1.165) is 29.9 Å². The number of carbonyl (C=O) groups is 1. The molecule has 0 radical (unpaired) electrons. The van der Waals surface area contributed by atoms with Gasteiger partial charge < -0.3 is 10.2 Å². The summed E-state index contributed by atoms with van der Waals surface area (Å²) in [6.07, 6.45) is 4.83. The topological polar surface area (TPSA) is 62.5 Å². The number of piperidine rings is 1. The van der Waals surface area contributed by atoms with Crippen LogP contribution in [0.25, 0.3) is 16.9 Å². The molecule has 1 aliphatic heterocycles. The molecule has 2 aromatic heterocycles. The number of hydrogen-bond acceptors (Lipinski definition) is 4. The molecule has 1 N–H and O–H groups in total. The van der Waals surface area contributed by atoms with E-state index in [9.17, 15) is 4.79 Å². The van der Waals surface area contributed by atoms with Gasteiger partial charge in [0, 0.05) is 36.2 Å². The molecule has 0 spiro atoms. The predicted molar refractivity (Wildman–Crippen MR) is 129 cm³/mol. The van der Waals surface area contributed by atoms with E-state index < -0.39 is 0 Å². The monoisotopic (exact) mass is 433 g/mol. The van der Waals surface area contributed by atoms with Gasteiger partial charge in [-0.15, -0.1) is 0 Å². The summed E-state index contributed by atoms with van der Waals surface area (Å²) in [5.41, 5.74) is 3.79. The Morgan fingerprint density at radius 1 is 1.16 bits per heavy atom. The minimum absolute atomic E-state index is 0.107. The zero-order valence-corrected chi connectivity index (χ0v) is 19.8. The van der Waals surface area contributed by atoms with Crippen molar-refractivity contribution in [2.24, 2.45) is 0 Å². The number of nitrogens with zero attached hydrogens (tertiary/aromatic N) is 4. The van der Waals surface area contributed by atoms with Gasteiger partial charge in [-0.1, -0.05) is 57.5 Å². The van der Waals surface area contributed by atoms with Crippen LogP contribution in [0.3, 0.4) is 0 Å². The third-order valence-electron chi connectivity index (χ3n) is 6.35. The van der Waals surface area contributed by atoms with Gasteiger partial charge in [-0.05, 0) is 38.8 Å². The number of likely N-dealkylation sites (tertiary alicyclic amines) is 1. The molecule has 6 heteroatoms. The van der Waals surface area contributed by atoms with Crippen molar-refractivity contribution in [1.82, 2.24) is 24.8 Å². The molecule has 0 unspecified atom stereocenters. The van der Waals surface area contributed by atoms with Crippen molar-refractivity contribution in [3.8, 4) is 11.3 Å². The summed E-state index contributed by atoms with van der Waals surface area (Å²) in [5.74, 6) is -0.107. The smallest absolute Gasteiger partial charge is 0.270 e. The highest BCUT2D eigenvalue weighted by atomic mass is 16.2. The van der Waals surface area contributed by atoms with E-state index in [1.54, 1.807) is 4.52 Å². The summed E-state index contributed by atoms with van der Waals surface area (Å²) in [4.78, 5) is 20.5. The van der Waals surface area contributed by atoms with Gasteiger partial charge in [-0.25, -0.2) is 9.50 Å². The molecular weight excluding hydrogens is 398 g/mol. The highest BCUT2D eigenvalue weighted by Crippen LogP contribution is 2.25. The number of rotatable bonds is 6. The Balaban J connectivity index is 1.55. The van der Waals surface area contributed by atoms with Gasteiger partial charge in [-0.2, -0.15) is 5.10 Å². The number of carbonyl (C=O) groups excluding carboxylic acids is 1. The van der Waals surface area contributed by atoms with E-state index in [-0.39, 0.29) is 11.3 Å². The van der Waals surface area contributed by atoms with E-state index in [0.29, 0.717) is 23.9 Å². The summed E-state index contributed by atoms with van der Waals surface area (Å²) in [6.45, 7) is 11.5. The molecule has 0 aliphatic carbocycles. The molecule has 1 fully saturated rings. The first-order valence-corrected chi connectivity index (χ1v) is 11.8. The Hall–Kier alpha value is -2.73. The molecule has 170 valence electrons. The van der Waals surface area contributed by atoms with Crippen LogP contribution >= 0.6 is 0 Å². The van der Waals surface area contributed by atoms with Crippen molar-refractivity contribution in [2.75, 3.05) is 19.6 Å². The van der Waals surface area contributed by atoms with E-state index in [2.05, 4.69) is 37.9 Å². The number of amides is 1. The number of hydrogen-bond donors (Lipinski definition) is 1. The number of fused-ring (bicyclic) bond motifs is 1. The van der Waals surface area contributed by atoms with Crippen molar-refractivity contribution >= 4 is 11.6 Å². The lowest BCUT2D eigenvalue weighted by Gasteiger charge is -2.33. The van der Waals surface area contributed by atoms with E-state index in [4.69, 9.17) is 10.1 Å².